The fourth-order valence-electron chi connectivity index (χ4n) is 1.15. The van der Waals surface area contributed by atoms with Gasteiger partial charge in [-0.05, 0) is 38.0 Å². The molecule has 0 amide bonds. The number of anilines is 1. The molecule has 0 unspecified atom stereocenters. The zero-order valence-corrected chi connectivity index (χ0v) is 9.23. The van der Waals surface area contributed by atoms with Gasteiger partial charge in [-0.3, -0.25) is 4.99 Å². The van der Waals surface area contributed by atoms with Crippen molar-refractivity contribution in [1.82, 2.24) is 4.98 Å². The minimum atomic E-state index is 0.892. The highest BCUT2D eigenvalue weighted by Crippen LogP contribution is 2.19. The van der Waals surface area contributed by atoms with E-state index < -0.39 is 0 Å². The lowest BCUT2D eigenvalue weighted by Crippen LogP contribution is -2.07. The number of amidine groups is 1. The van der Waals surface area contributed by atoms with Crippen LogP contribution in [0.3, 0.4) is 0 Å². The number of allylic oxidation sites excluding steroid dienone is 1. The third-order valence-corrected chi connectivity index (χ3v) is 2.12. The lowest BCUT2D eigenvalue weighted by atomic mass is 10.2. The molecule has 76 valence electrons. The zero-order chi connectivity index (χ0) is 10.7. The lowest BCUT2D eigenvalue weighted by molar-refractivity contribution is 1.31. The highest BCUT2D eigenvalue weighted by atomic mass is 15.1. The molecule has 1 heterocycles. The van der Waals surface area contributed by atoms with E-state index in [0.717, 1.165) is 22.9 Å². The first-order valence-electron chi connectivity index (χ1n) is 4.60. The van der Waals surface area contributed by atoms with Gasteiger partial charge in [-0.1, -0.05) is 6.58 Å². The van der Waals surface area contributed by atoms with Crippen molar-refractivity contribution in [3.05, 3.63) is 23.9 Å². The highest BCUT2D eigenvalue weighted by Gasteiger charge is 2.04. The van der Waals surface area contributed by atoms with Crippen molar-refractivity contribution >= 4 is 17.2 Å². The van der Waals surface area contributed by atoms with Crippen molar-refractivity contribution < 1.29 is 0 Å². The van der Waals surface area contributed by atoms with Crippen molar-refractivity contribution in [3.63, 3.8) is 0 Å². The number of hydrogen-bond acceptors (Lipinski definition) is 1. The van der Waals surface area contributed by atoms with Crippen molar-refractivity contribution in [3.8, 4) is 0 Å². The summed E-state index contributed by atoms with van der Waals surface area (Å²) in [6.07, 6.45) is 0. The van der Waals surface area contributed by atoms with E-state index in [1.807, 2.05) is 20.8 Å². The third kappa shape index (κ3) is 2.25. The Hall–Kier alpha value is -1.51. The van der Waals surface area contributed by atoms with Crippen LogP contribution in [-0.4, -0.2) is 17.9 Å². The molecule has 1 aromatic rings. The number of hydrogen-bond donors (Lipinski definition) is 2. The van der Waals surface area contributed by atoms with Gasteiger partial charge in [0.25, 0.3) is 0 Å². The standard InChI is InChI=1S/C11H17N3/c1-7(2)10-6-8(3)11(14-10)13-9(4)12-5/h6,14H,1H2,2-5H3,(H,12,13). The van der Waals surface area contributed by atoms with Crippen LogP contribution in [0.2, 0.25) is 0 Å². The van der Waals surface area contributed by atoms with Crippen LogP contribution in [0.15, 0.2) is 17.6 Å². The number of aryl methyl sites for hydroxylation is 1. The minimum Gasteiger partial charge on any atom is -0.341 e. The van der Waals surface area contributed by atoms with E-state index in [-0.39, 0.29) is 0 Å². The summed E-state index contributed by atoms with van der Waals surface area (Å²) in [4.78, 5) is 7.30. The zero-order valence-electron chi connectivity index (χ0n) is 9.23. The Bertz CT molecular complexity index is 372. The largest absolute Gasteiger partial charge is 0.341 e. The summed E-state index contributed by atoms with van der Waals surface area (Å²) < 4.78 is 0. The van der Waals surface area contributed by atoms with Gasteiger partial charge < -0.3 is 10.3 Å². The molecule has 1 aromatic heterocycles. The van der Waals surface area contributed by atoms with E-state index in [1.165, 1.54) is 5.56 Å². The summed E-state index contributed by atoms with van der Waals surface area (Å²) in [6, 6.07) is 2.08. The molecule has 0 radical (unpaired) electrons. The van der Waals surface area contributed by atoms with Crippen molar-refractivity contribution in [2.45, 2.75) is 20.8 Å². The Kier molecular flexibility index (Phi) is 3.12. The lowest BCUT2D eigenvalue weighted by Gasteiger charge is -2.03. The molecule has 0 bridgehead atoms. The van der Waals surface area contributed by atoms with Crippen LogP contribution < -0.4 is 5.32 Å². The van der Waals surface area contributed by atoms with Gasteiger partial charge in [-0.15, -0.1) is 0 Å². The van der Waals surface area contributed by atoms with Gasteiger partial charge in [0.05, 0.1) is 5.84 Å². The van der Waals surface area contributed by atoms with Gasteiger partial charge in [0.15, 0.2) is 0 Å². The number of nitrogens with one attached hydrogen (secondary N) is 2. The Morgan fingerprint density at radius 3 is 2.57 bits per heavy atom. The Morgan fingerprint density at radius 2 is 2.14 bits per heavy atom. The maximum Gasteiger partial charge on any atom is 0.112 e. The number of aliphatic imine (C=N–C) groups is 1. The molecule has 0 aliphatic carbocycles. The van der Waals surface area contributed by atoms with E-state index >= 15 is 0 Å². The summed E-state index contributed by atoms with van der Waals surface area (Å²) in [5.41, 5.74) is 3.27. The van der Waals surface area contributed by atoms with E-state index in [4.69, 9.17) is 0 Å². The minimum absolute atomic E-state index is 0.892. The van der Waals surface area contributed by atoms with E-state index in [1.54, 1.807) is 7.05 Å². The van der Waals surface area contributed by atoms with Crippen molar-refractivity contribution in [1.29, 1.82) is 0 Å². The SMILES string of the molecule is C=C(C)c1cc(C)c(NC(C)=NC)[nH]1. The predicted octanol–water partition coefficient (Wildman–Crippen LogP) is 2.82. The first kappa shape index (κ1) is 10.6. The van der Waals surface area contributed by atoms with E-state index in [2.05, 4.69) is 27.9 Å². The summed E-state index contributed by atoms with van der Waals surface area (Å²) in [5.74, 6) is 1.88. The Morgan fingerprint density at radius 1 is 1.50 bits per heavy atom. The molecule has 2 N–H and O–H groups in total. The third-order valence-electron chi connectivity index (χ3n) is 2.12. The monoisotopic (exact) mass is 191 g/mol. The quantitative estimate of drug-likeness (QED) is 0.547. The summed E-state index contributed by atoms with van der Waals surface area (Å²) in [6.45, 7) is 9.85. The van der Waals surface area contributed by atoms with Crippen LogP contribution in [0.4, 0.5) is 5.82 Å². The molecule has 0 spiro atoms. The van der Waals surface area contributed by atoms with Crippen molar-refractivity contribution in [2.75, 3.05) is 12.4 Å². The molecule has 0 saturated carbocycles. The summed E-state index contributed by atoms with van der Waals surface area (Å²) in [7, 11) is 1.76. The molecule has 14 heavy (non-hydrogen) atoms. The number of nitrogens with zero attached hydrogens (tertiary/aromatic N) is 1. The predicted molar refractivity (Wildman–Crippen MR) is 62.9 cm³/mol. The first-order chi connectivity index (χ1) is 6.54. The molecule has 3 heteroatoms. The molecule has 0 fully saturated rings. The second-order valence-electron chi connectivity index (χ2n) is 3.46. The number of H-pyrrole nitrogens is 1. The van der Waals surface area contributed by atoms with E-state index in [0.29, 0.717) is 0 Å². The van der Waals surface area contributed by atoms with Crippen LogP contribution >= 0.6 is 0 Å². The average Bonchev–Trinajstić information content (AvgIpc) is 2.48. The summed E-state index contributed by atoms with van der Waals surface area (Å²) in [5, 5.41) is 3.19. The average molecular weight is 191 g/mol. The number of rotatable bonds is 2. The Labute approximate surface area is 85.0 Å². The van der Waals surface area contributed by atoms with Gasteiger partial charge in [0.1, 0.15) is 5.82 Å². The molecular formula is C11H17N3. The van der Waals surface area contributed by atoms with Gasteiger partial charge in [0, 0.05) is 12.7 Å². The highest BCUT2D eigenvalue weighted by molar-refractivity contribution is 5.93. The normalized spacial score (nSPS) is 11.6. The van der Waals surface area contributed by atoms with Crippen LogP contribution in [0.1, 0.15) is 25.1 Å². The first-order valence-corrected chi connectivity index (χ1v) is 4.60. The van der Waals surface area contributed by atoms with Gasteiger partial charge >= 0.3 is 0 Å². The molecule has 0 aliphatic heterocycles. The Balaban J connectivity index is 2.93. The summed E-state index contributed by atoms with van der Waals surface area (Å²) >= 11 is 0. The molecule has 0 aliphatic rings. The molecule has 0 atom stereocenters. The smallest absolute Gasteiger partial charge is 0.112 e. The molecule has 0 saturated heterocycles. The van der Waals surface area contributed by atoms with Crippen molar-refractivity contribution in [2.24, 2.45) is 4.99 Å². The van der Waals surface area contributed by atoms with E-state index in [9.17, 15) is 0 Å². The van der Waals surface area contributed by atoms with Gasteiger partial charge in [-0.25, -0.2) is 0 Å². The second-order valence-corrected chi connectivity index (χ2v) is 3.46. The molecule has 0 aromatic carbocycles. The second kappa shape index (κ2) is 4.13. The van der Waals surface area contributed by atoms with Crippen LogP contribution in [-0.2, 0) is 0 Å². The maximum absolute atomic E-state index is 4.04. The van der Waals surface area contributed by atoms with Crippen LogP contribution in [0, 0.1) is 6.92 Å². The number of aromatic nitrogens is 1. The molecular weight excluding hydrogens is 174 g/mol. The van der Waals surface area contributed by atoms with Gasteiger partial charge in [0.2, 0.25) is 0 Å². The van der Waals surface area contributed by atoms with Crippen LogP contribution in [0.5, 0.6) is 0 Å². The fraction of sp³-hybridized carbons (Fsp3) is 0.364. The van der Waals surface area contributed by atoms with Gasteiger partial charge in [-0.2, -0.15) is 0 Å². The fourth-order valence-corrected chi connectivity index (χ4v) is 1.15. The van der Waals surface area contributed by atoms with Crippen LogP contribution in [0.25, 0.3) is 5.57 Å². The molecule has 3 nitrogen and oxygen atoms in total. The molecule has 1 rings (SSSR count). The number of aromatic amines is 1. The maximum atomic E-state index is 4.04. The topological polar surface area (TPSA) is 40.2 Å².